The van der Waals surface area contributed by atoms with Crippen molar-refractivity contribution < 1.29 is 4.79 Å². The third-order valence-electron chi connectivity index (χ3n) is 4.31. The van der Waals surface area contributed by atoms with Crippen LogP contribution in [0, 0.1) is 0 Å². The van der Waals surface area contributed by atoms with Gasteiger partial charge in [-0.25, -0.2) is 5.43 Å². The second-order valence-corrected chi connectivity index (χ2v) is 7.09. The molecule has 130 valence electrons. The zero-order valence-corrected chi connectivity index (χ0v) is 15.3. The maximum absolute atomic E-state index is 12.7. The van der Waals surface area contributed by atoms with Gasteiger partial charge in [-0.05, 0) is 37.1 Å². The van der Waals surface area contributed by atoms with Crippen molar-refractivity contribution in [2.24, 2.45) is 5.10 Å². The van der Waals surface area contributed by atoms with Gasteiger partial charge in [0.05, 0.1) is 22.3 Å². The van der Waals surface area contributed by atoms with Crippen LogP contribution in [0.1, 0.15) is 40.4 Å². The maximum atomic E-state index is 12.7. The standard InChI is InChI=1S/C20H15Cl2N3O/c21-14-8-7-13(17(22)9-14)11-23-25-20(26)16-10-19(12-5-6-12)24-18-4-2-1-3-15(16)18/h1-4,7-12H,5-6H2,(H,25,26)/b23-11-. The zero-order valence-electron chi connectivity index (χ0n) is 13.7. The molecule has 0 atom stereocenters. The summed E-state index contributed by atoms with van der Waals surface area (Å²) >= 11 is 12.0. The molecule has 4 nitrogen and oxygen atoms in total. The Hall–Kier alpha value is -2.43. The Morgan fingerprint density at radius 1 is 1.15 bits per heavy atom. The number of benzene rings is 2. The highest BCUT2D eigenvalue weighted by Crippen LogP contribution is 2.40. The van der Waals surface area contributed by atoms with Crippen molar-refractivity contribution in [1.82, 2.24) is 10.4 Å². The smallest absolute Gasteiger partial charge is 0.267 e. The maximum Gasteiger partial charge on any atom is 0.272 e. The van der Waals surface area contributed by atoms with Crippen molar-refractivity contribution in [2.45, 2.75) is 18.8 Å². The van der Waals surface area contributed by atoms with E-state index in [1.165, 1.54) is 6.21 Å². The SMILES string of the molecule is O=C(N/N=C\c1ccc(Cl)cc1Cl)c1cc(C2CC2)nc2ccccc12. The number of hydrogen-bond acceptors (Lipinski definition) is 3. The van der Waals surface area contributed by atoms with Crippen LogP contribution in [0.5, 0.6) is 0 Å². The molecule has 3 aromatic rings. The van der Waals surface area contributed by atoms with Crippen molar-refractivity contribution in [3.05, 3.63) is 75.4 Å². The summed E-state index contributed by atoms with van der Waals surface area (Å²) in [7, 11) is 0. The molecular weight excluding hydrogens is 369 g/mol. The van der Waals surface area contributed by atoms with Gasteiger partial charge in [-0.2, -0.15) is 5.10 Å². The fourth-order valence-electron chi connectivity index (χ4n) is 2.80. The number of nitrogens with zero attached hydrogens (tertiary/aromatic N) is 2. The number of fused-ring (bicyclic) bond motifs is 1. The minimum Gasteiger partial charge on any atom is -0.267 e. The van der Waals surface area contributed by atoms with E-state index < -0.39 is 0 Å². The first-order valence-electron chi connectivity index (χ1n) is 8.30. The Kier molecular flexibility index (Phi) is 4.62. The average Bonchev–Trinajstić information content (AvgIpc) is 3.47. The van der Waals surface area contributed by atoms with Crippen LogP contribution >= 0.6 is 23.2 Å². The Morgan fingerprint density at radius 3 is 2.73 bits per heavy atom. The number of aromatic nitrogens is 1. The lowest BCUT2D eigenvalue weighted by molar-refractivity contribution is 0.0956. The van der Waals surface area contributed by atoms with Crippen LogP contribution in [0.3, 0.4) is 0 Å². The van der Waals surface area contributed by atoms with Gasteiger partial charge in [-0.3, -0.25) is 9.78 Å². The molecule has 1 aromatic heterocycles. The third-order valence-corrected chi connectivity index (χ3v) is 4.87. The van der Waals surface area contributed by atoms with E-state index in [0.717, 1.165) is 29.4 Å². The summed E-state index contributed by atoms with van der Waals surface area (Å²) in [5.41, 5.74) is 5.63. The summed E-state index contributed by atoms with van der Waals surface area (Å²) in [5, 5.41) is 5.87. The number of rotatable bonds is 4. The molecule has 1 heterocycles. The van der Waals surface area contributed by atoms with E-state index in [2.05, 4.69) is 15.5 Å². The highest BCUT2D eigenvalue weighted by Gasteiger charge is 2.26. The molecule has 0 radical (unpaired) electrons. The lowest BCUT2D eigenvalue weighted by atomic mass is 10.1. The van der Waals surface area contributed by atoms with Gasteiger partial charge in [0.1, 0.15) is 0 Å². The van der Waals surface area contributed by atoms with Gasteiger partial charge in [0.25, 0.3) is 5.91 Å². The summed E-state index contributed by atoms with van der Waals surface area (Å²) < 4.78 is 0. The van der Waals surface area contributed by atoms with Crippen molar-refractivity contribution in [3.8, 4) is 0 Å². The van der Waals surface area contributed by atoms with E-state index in [4.69, 9.17) is 23.2 Å². The molecule has 0 unspecified atom stereocenters. The monoisotopic (exact) mass is 383 g/mol. The molecule has 2 aromatic carbocycles. The van der Waals surface area contributed by atoms with Crippen molar-refractivity contribution in [3.63, 3.8) is 0 Å². The molecule has 1 N–H and O–H groups in total. The number of pyridine rings is 1. The van der Waals surface area contributed by atoms with Gasteiger partial charge in [0, 0.05) is 27.6 Å². The van der Waals surface area contributed by atoms with Gasteiger partial charge >= 0.3 is 0 Å². The molecule has 6 heteroatoms. The summed E-state index contributed by atoms with van der Waals surface area (Å²) in [6.07, 6.45) is 3.75. The highest BCUT2D eigenvalue weighted by atomic mass is 35.5. The first-order valence-corrected chi connectivity index (χ1v) is 9.05. The van der Waals surface area contributed by atoms with Crippen LogP contribution in [-0.2, 0) is 0 Å². The van der Waals surface area contributed by atoms with Crippen molar-refractivity contribution in [1.29, 1.82) is 0 Å². The Morgan fingerprint density at radius 2 is 1.96 bits per heavy atom. The van der Waals surface area contributed by atoms with Crippen LogP contribution in [0.2, 0.25) is 10.0 Å². The number of hydrazone groups is 1. The molecule has 4 rings (SSSR count). The molecule has 26 heavy (non-hydrogen) atoms. The van der Waals surface area contributed by atoms with Crippen molar-refractivity contribution in [2.75, 3.05) is 0 Å². The van der Waals surface area contributed by atoms with Gasteiger partial charge in [0.2, 0.25) is 0 Å². The predicted molar refractivity (Wildman–Crippen MR) is 105 cm³/mol. The number of halogens is 2. The van der Waals surface area contributed by atoms with Crippen LogP contribution in [0.4, 0.5) is 0 Å². The Bertz CT molecular complexity index is 1030. The van der Waals surface area contributed by atoms with Gasteiger partial charge < -0.3 is 0 Å². The van der Waals surface area contributed by atoms with Gasteiger partial charge in [0.15, 0.2) is 0 Å². The molecule has 1 amide bonds. The molecule has 0 spiro atoms. The Balaban J connectivity index is 1.60. The lowest BCUT2D eigenvalue weighted by Gasteiger charge is -2.08. The lowest BCUT2D eigenvalue weighted by Crippen LogP contribution is -2.18. The molecule has 1 aliphatic carbocycles. The van der Waals surface area contributed by atoms with E-state index in [1.54, 1.807) is 18.2 Å². The molecule has 1 fully saturated rings. The predicted octanol–water partition coefficient (Wildman–Crippen LogP) is 5.18. The van der Waals surface area contributed by atoms with Gasteiger partial charge in [-0.1, -0.05) is 47.5 Å². The van der Waals surface area contributed by atoms with Crippen LogP contribution < -0.4 is 5.43 Å². The Labute approximate surface area is 160 Å². The van der Waals surface area contributed by atoms with Crippen LogP contribution in [0.25, 0.3) is 10.9 Å². The second-order valence-electron chi connectivity index (χ2n) is 6.25. The minimum atomic E-state index is -0.271. The van der Waals surface area contributed by atoms with E-state index in [9.17, 15) is 4.79 Å². The largest absolute Gasteiger partial charge is 0.272 e. The molecule has 1 saturated carbocycles. The first kappa shape index (κ1) is 17.0. The fraction of sp³-hybridized carbons (Fsp3) is 0.150. The molecule has 1 aliphatic rings. The first-order chi connectivity index (χ1) is 12.6. The quantitative estimate of drug-likeness (QED) is 0.498. The summed E-state index contributed by atoms with van der Waals surface area (Å²) in [6, 6.07) is 14.6. The molecule has 0 aliphatic heterocycles. The topological polar surface area (TPSA) is 54.4 Å². The van der Waals surface area contributed by atoms with E-state index in [0.29, 0.717) is 27.1 Å². The van der Waals surface area contributed by atoms with Crippen LogP contribution in [-0.4, -0.2) is 17.1 Å². The van der Waals surface area contributed by atoms with E-state index >= 15 is 0 Å². The van der Waals surface area contributed by atoms with Crippen molar-refractivity contribution >= 4 is 46.2 Å². The molecule has 0 bridgehead atoms. The number of para-hydroxylation sites is 1. The average molecular weight is 384 g/mol. The number of nitrogens with one attached hydrogen (secondary N) is 1. The summed E-state index contributed by atoms with van der Waals surface area (Å²) in [5.74, 6) is 0.189. The molecule has 0 saturated heterocycles. The van der Waals surface area contributed by atoms with E-state index in [-0.39, 0.29) is 5.91 Å². The number of carbonyl (C=O) groups is 1. The molecular formula is C20H15Cl2N3O. The number of amides is 1. The van der Waals surface area contributed by atoms with Crippen LogP contribution in [0.15, 0.2) is 53.6 Å². The third kappa shape index (κ3) is 3.57. The summed E-state index contributed by atoms with van der Waals surface area (Å²) in [4.78, 5) is 17.4. The number of carbonyl (C=O) groups excluding carboxylic acids is 1. The van der Waals surface area contributed by atoms with Gasteiger partial charge in [-0.15, -0.1) is 0 Å². The number of hydrogen-bond donors (Lipinski definition) is 1. The zero-order chi connectivity index (χ0) is 18.1. The normalized spacial score (nSPS) is 14.1. The second kappa shape index (κ2) is 7.06. The summed E-state index contributed by atoms with van der Waals surface area (Å²) in [6.45, 7) is 0. The minimum absolute atomic E-state index is 0.271. The van der Waals surface area contributed by atoms with E-state index in [1.807, 2.05) is 30.3 Å². The highest BCUT2D eigenvalue weighted by molar-refractivity contribution is 6.36. The fourth-order valence-corrected chi connectivity index (χ4v) is 3.26.